The first-order valence-electron chi connectivity index (χ1n) is 5.77. The second-order valence-electron chi connectivity index (χ2n) is 4.35. The highest BCUT2D eigenvalue weighted by Crippen LogP contribution is 2.32. The Morgan fingerprint density at radius 3 is 2.88 bits per heavy atom. The molecule has 2 rings (SSSR count). The largest absolute Gasteiger partial charge is 0.338 e. The highest BCUT2D eigenvalue weighted by molar-refractivity contribution is 7.91. The van der Waals surface area contributed by atoms with Crippen molar-refractivity contribution in [2.75, 3.05) is 12.8 Å². The predicted molar refractivity (Wildman–Crippen MR) is 62.2 cm³/mol. The number of hydrogen-bond donors (Lipinski definition) is 1. The number of nitrogens with one attached hydrogen (secondary N) is 1. The molecule has 1 N–H and O–H groups in total. The first kappa shape index (κ1) is 12.5. The number of sulfone groups is 1. The third-order valence-electron chi connectivity index (χ3n) is 3.13. The summed E-state index contributed by atoms with van der Waals surface area (Å²) in [6.45, 7) is 1.89. The molecular weight excluding hydrogens is 242 g/mol. The zero-order valence-electron chi connectivity index (χ0n) is 10.0. The summed E-state index contributed by atoms with van der Waals surface area (Å²) in [6.07, 6.45) is 2.20. The van der Waals surface area contributed by atoms with Crippen LogP contribution in [0.2, 0.25) is 0 Å². The summed E-state index contributed by atoms with van der Waals surface area (Å²) in [5.41, 5.74) is 0. The van der Waals surface area contributed by atoms with Gasteiger partial charge in [-0.25, -0.2) is 8.42 Å². The molecule has 0 saturated carbocycles. The number of rotatable bonds is 3. The van der Waals surface area contributed by atoms with E-state index in [4.69, 9.17) is 4.52 Å². The van der Waals surface area contributed by atoms with Gasteiger partial charge in [-0.1, -0.05) is 11.6 Å². The van der Waals surface area contributed by atoms with Gasteiger partial charge in [-0.15, -0.1) is 0 Å². The summed E-state index contributed by atoms with van der Waals surface area (Å²) < 4.78 is 28.9. The van der Waals surface area contributed by atoms with Crippen LogP contribution < -0.4 is 5.32 Å². The fraction of sp³-hybridized carbons (Fsp3) is 0.800. The van der Waals surface area contributed by atoms with Crippen molar-refractivity contribution in [1.29, 1.82) is 0 Å². The van der Waals surface area contributed by atoms with E-state index in [9.17, 15) is 8.42 Å². The molecule has 17 heavy (non-hydrogen) atoms. The molecule has 7 heteroatoms. The molecule has 0 aliphatic carbocycles. The fourth-order valence-corrected chi connectivity index (χ4v) is 3.73. The molecule has 1 aliphatic heterocycles. The first-order valence-corrected chi connectivity index (χ1v) is 7.48. The van der Waals surface area contributed by atoms with Crippen molar-refractivity contribution in [2.45, 2.75) is 37.5 Å². The van der Waals surface area contributed by atoms with E-state index in [1.807, 2.05) is 6.92 Å². The number of aromatic nitrogens is 2. The lowest BCUT2D eigenvalue weighted by molar-refractivity contribution is 0.355. The minimum absolute atomic E-state index is 0.0428. The molecule has 6 nitrogen and oxygen atoms in total. The molecule has 0 radical (unpaired) electrons. The van der Waals surface area contributed by atoms with E-state index in [1.54, 1.807) is 7.05 Å². The van der Waals surface area contributed by atoms with E-state index in [0.717, 1.165) is 12.8 Å². The van der Waals surface area contributed by atoms with Crippen molar-refractivity contribution in [3.8, 4) is 0 Å². The molecule has 2 heterocycles. The molecule has 0 amide bonds. The molecule has 2 unspecified atom stereocenters. The summed E-state index contributed by atoms with van der Waals surface area (Å²) in [6, 6.07) is -0.0428. The van der Waals surface area contributed by atoms with Gasteiger partial charge >= 0.3 is 0 Å². The number of hydrogen-bond acceptors (Lipinski definition) is 6. The summed E-state index contributed by atoms with van der Waals surface area (Å²) in [7, 11) is -1.32. The summed E-state index contributed by atoms with van der Waals surface area (Å²) in [5, 5.41) is 6.19. The molecule has 1 fully saturated rings. The minimum atomic E-state index is -3.11. The van der Waals surface area contributed by atoms with Crippen LogP contribution in [-0.2, 0) is 9.84 Å². The van der Waals surface area contributed by atoms with E-state index < -0.39 is 15.1 Å². The third-order valence-corrected chi connectivity index (χ3v) is 5.29. The van der Waals surface area contributed by atoms with Crippen LogP contribution in [0.15, 0.2) is 4.52 Å². The molecule has 2 atom stereocenters. The van der Waals surface area contributed by atoms with Crippen molar-refractivity contribution in [1.82, 2.24) is 15.5 Å². The Kier molecular flexibility index (Phi) is 3.48. The quantitative estimate of drug-likeness (QED) is 0.871. The highest BCUT2D eigenvalue weighted by Gasteiger charge is 2.34. The van der Waals surface area contributed by atoms with Crippen LogP contribution >= 0.6 is 0 Å². The van der Waals surface area contributed by atoms with E-state index in [2.05, 4.69) is 15.5 Å². The molecule has 1 aromatic heterocycles. The van der Waals surface area contributed by atoms with Gasteiger partial charge in [0, 0.05) is 0 Å². The smallest absolute Gasteiger partial charge is 0.245 e. The van der Waals surface area contributed by atoms with Gasteiger partial charge in [-0.2, -0.15) is 4.98 Å². The SMILES string of the molecule is CNC(C)c1noc(C2CCCCS2(=O)=O)n1. The second kappa shape index (κ2) is 4.73. The summed E-state index contributed by atoms with van der Waals surface area (Å²) in [5.74, 6) is 0.960. The lowest BCUT2D eigenvalue weighted by Crippen LogP contribution is -2.22. The average molecular weight is 259 g/mol. The van der Waals surface area contributed by atoms with Gasteiger partial charge in [-0.05, 0) is 26.8 Å². The first-order chi connectivity index (χ1) is 8.04. The molecule has 1 aliphatic rings. The van der Waals surface area contributed by atoms with Crippen LogP contribution in [-0.4, -0.2) is 31.4 Å². The van der Waals surface area contributed by atoms with Crippen LogP contribution in [0.3, 0.4) is 0 Å². The van der Waals surface area contributed by atoms with Gasteiger partial charge in [0.15, 0.2) is 15.7 Å². The Morgan fingerprint density at radius 1 is 1.47 bits per heavy atom. The van der Waals surface area contributed by atoms with Crippen molar-refractivity contribution in [3.63, 3.8) is 0 Å². The maximum absolute atomic E-state index is 11.9. The molecule has 1 saturated heterocycles. The van der Waals surface area contributed by atoms with Gasteiger partial charge in [0.1, 0.15) is 5.25 Å². The summed E-state index contributed by atoms with van der Waals surface area (Å²) >= 11 is 0. The van der Waals surface area contributed by atoms with E-state index >= 15 is 0 Å². The van der Waals surface area contributed by atoms with Crippen LogP contribution in [0, 0.1) is 0 Å². The fourth-order valence-electron chi connectivity index (χ4n) is 1.91. The van der Waals surface area contributed by atoms with Gasteiger partial charge < -0.3 is 9.84 Å². The van der Waals surface area contributed by atoms with Crippen molar-refractivity contribution in [3.05, 3.63) is 11.7 Å². The zero-order chi connectivity index (χ0) is 12.5. The molecule has 1 aromatic rings. The van der Waals surface area contributed by atoms with E-state index in [-0.39, 0.29) is 17.7 Å². The monoisotopic (exact) mass is 259 g/mol. The molecule has 0 spiro atoms. The van der Waals surface area contributed by atoms with Crippen LogP contribution in [0.25, 0.3) is 0 Å². The minimum Gasteiger partial charge on any atom is -0.338 e. The van der Waals surface area contributed by atoms with Crippen LogP contribution in [0.4, 0.5) is 0 Å². The van der Waals surface area contributed by atoms with Crippen molar-refractivity contribution >= 4 is 9.84 Å². The summed E-state index contributed by atoms with van der Waals surface area (Å²) in [4.78, 5) is 4.18. The Morgan fingerprint density at radius 2 is 2.24 bits per heavy atom. The van der Waals surface area contributed by atoms with Gasteiger partial charge in [-0.3, -0.25) is 0 Å². The Labute approximate surface area is 101 Å². The molecule has 0 bridgehead atoms. The molecule has 96 valence electrons. The van der Waals surface area contributed by atoms with Crippen molar-refractivity contribution < 1.29 is 12.9 Å². The van der Waals surface area contributed by atoms with E-state index in [0.29, 0.717) is 12.2 Å². The Bertz CT molecular complexity index is 483. The van der Waals surface area contributed by atoms with E-state index in [1.165, 1.54) is 0 Å². The normalized spacial score (nSPS) is 25.6. The topological polar surface area (TPSA) is 85.1 Å². The van der Waals surface area contributed by atoms with Gasteiger partial charge in [0.05, 0.1) is 11.8 Å². The highest BCUT2D eigenvalue weighted by atomic mass is 32.2. The number of nitrogens with zero attached hydrogens (tertiary/aromatic N) is 2. The second-order valence-corrected chi connectivity index (χ2v) is 6.66. The van der Waals surface area contributed by atoms with Crippen LogP contribution in [0.1, 0.15) is 49.2 Å². The lowest BCUT2D eigenvalue weighted by atomic mass is 10.2. The Balaban J connectivity index is 2.25. The van der Waals surface area contributed by atoms with Crippen LogP contribution in [0.5, 0.6) is 0 Å². The predicted octanol–water partition coefficient (Wildman–Crippen LogP) is 0.990. The maximum atomic E-state index is 11.9. The Hall–Kier alpha value is -0.950. The lowest BCUT2D eigenvalue weighted by Gasteiger charge is -2.18. The molecular formula is C10H17N3O3S. The molecule has 0 aromatic carbocycles. The maximum Gasteiger partial charge on any atom is 0.245 e. The van der Waals surface area contributed by atoms with Gasteiger partial charge in [0.25, 0.3) is 0 Å². The average Bonchev–Trinajstić information content (AvgIpc) is 2.76. The zero-order valence-corrected chi connectivity index (χ0v) is 10.8. The standard InChI is InChI=1S/C10H17N3O3S/c1-7(11-2)9-12-10(16-13-9)8-5-3-4-6-17(8,14)15/h7-8,11H,3-6H2,1-2H3. The van der Waals surface area contributed by atoms with Gasteiger partial charge in [0.2, 0.25) is 5.89 Å². The van der Waals surface area contributed by atoms with Crippen molar-refractivity contribution in [2.24, 2.45) is 0 Å². The third kappa shape index (κ3) is 2.50.